The van der Waals surface area contributed by atoms with Crippen LogP contribution in [0.15, 0.2) is 165 Å². The van der Waals surface area contributed by atoms with E-state index >= 15 is 0 Å². The molecular formula is C37H24Cl2O7S2. The molecule has 0 saturated carbocycles. The maximum absolute atomic E-state index is 13.6. The number of ether oxygens (including phenoxy) is 2. The Balaban J connectivity index is 1.42. The van der Waals surface area contributed by atoms with E-state index < -0.39 is 25.8 Å². The zero-order valence-electron chi connectivity index (χ0n) is 24.8. The molecule has 0 radical (unpaired) electrons. The molecule has 6 aromatic carbocycles. The molecule has 0 fully saturated rings. The lowest BCUT2D eigenvalue weighted by molar-refractivity contribution is 0.152. The standard InChI is InChI=1S/C37H24Cl2O7S2/c38-31-15-7-9-17-35(31)47(41,42)27-19-21-29(25-11-3-1-4-12-25)33(23-27)45-37(40)46-34-24-28(20-22-30(34)26-13-5-2-6-14-26)48(43,44)36-18-10-8-16-32(36)39/h1-24H. The van der Waals surface area contributed by atoms with Crippen molar-refractivity contribution < 1.29 is 31.1 Å². The van der Waals surface area contributed by atoms with Gasteiger partial charge in [-0.25, -0.2) is 21.6 Å². The van der Waals surface area contributed by atoms with E-state index in [2.05, 4.69) is 0 Å². The first-order chi connectivity index (χ1) is 23.1. The summed E-state index contributed by atoms with van der Waals surface area (Å²) < 4.78 is 65.7. The number of rotatable bonds is 8. The van der Waals surface area contributed by atoms with Crippen LogP contribution in [0.2, 0.25) is 10.0 Å². The molecule has 48 heavy (non-hydrogen) atoms. The van der Waals surface area contributed by atoms with E-state index in [1.807, 2.05) is 12.1 Å². The molecule has 0 N–H and O–H groups in total. The second kappa shape index (κ2) is 13.7. The second-order valence-electron chi connectivity index (χ2n) is 10.4. The van der Waals surface area contributed by atoms with E-state index in [9.17, 15) is 21.6 Å². The van der Waals surface area contributed by atoms with Crippen LogP contribution in [0.5, 0.6) is 11.5 Å². The monoisotopic (exact) mass is 714 g/mol. The predicted octanol–water partition coefficient (Wildman–Crippen LogP) is 9.57. The summed E-state index contributed by atoms with van der Waals surface area (Å²) in [4.78, 5) is 13.0. The van der Waals surface area contributed by atoms with Crippen LogP contribution < -0.4 is 9.47 Å². The molecule has 0 bridgehead atoms. The number of carbonyl (C=O) groups excluding carboxylic acids is 1. The normalized spacial score (nSPS) is 11.5. The predicted molar refractivity (Wildman–Crippen MR) is 184 cm³/mol. The molecule has 0 aliphatic heterocycles. The molecule has 6 aromatic rings. The number of carbonyl (C=O) groups is 1. The highest BCUT2D eigenvalue weighted by Gasteiger charge is 2.26. The van der Waals surface area contributed by atoms with Gasteiger partial charge in [-0.05, 0) is 59.7 Å². The Labute approximate surface area is 287 Å². The summed E-state index contributed by atoms with van der Waals surface area (Å²) in [5, 5.41) is 0.0677. The molecule has 0 atom stereocenters. The molecule has 0 aliphatic rings. The van der Waals surface area contributed by atoms with Gasteiger partial charge in [0.1, 0.15) is 11.5 Å². The molecule has 0 spiro atoms. The van der Waals surface area contributed by atoms with Gasteiger partial charge in [-0.2, -0.15) is 0 Å². The summed E-state index contributed by atoms with van der Waals surface area (Å²) in [5.74, 6) is -0.221. The van der Waals surface area contributed by atoms with E-state index in [1.54, 1.807) is 72.8 Å². The summed E-state index contributed by atoms with van der Waals surface area (Å²) in [6.07, 6.45) is -1.23. The fourth-order valence-electron chi connectivity index (χ4n) is 5.00. The molecule has 0 aliphatic carbocycles. The lowest BCUT2D eigenvalue weighted by atomic mass is 10.0. The van der Waals surface area contributed by atoms with Gasteiger partial charge in [-0.15, -0.1) is 0 Å². The summed E-state index contributed by atoms with van der Waals surface area (Å²) in [6.45, 7) is 0. The van der Waals surface area contributed by atoms with Crippen molar-refractivity contribution in [2.24, 2.45) is 0 Å². The topological polar surface area (TPSA) is 104 Å². The van der Waals surface area contributed by atoms with Crippen LogP contribution in [0.3, 0.4) is 0 Å². The smallest absolute Gasteiger partial charge is 0.394 e. The minimum Gasteiger partial charge on any atom is -0.394 e. The molecule has 0 saturated heterocycles. The molecule has 0 unspecified atom stereocenters. The van der Waals surface area contributed by atoms with Crippen LogP contribution in [-0.4, -0.2) is 23.0 Å². The molecule has 7 nitrogen and oxygen atoms in total. The third-order valence-electron chi connectivity index (χ3n) is 7.34. The van der Waals surface area contributed by atoms with Crippen LogP contribution in [-0.2, 0) is 19.7 Å². The Morgan fingerprint density at radius 3 is 1.19 bits per heavy atom. The third-order valence-corrected chi connectivity index (χ3v) is 11.8. The summed E-state index contributed by atoms with van der Waals surface area (Å²) in [6, 6.07) is 38.1. The van der Waals surface area contributed by atoms with Crippen LogP contribution in [0.25, 0.3) is 22.3 Å². The molecule has 0 amide bonds. The molecular weight excluding hydrogens is 691 g/mol. The average molecular weight is 716 g/mol. The van der Waals surface area contributed by atoms with Gasteiger partial charge < -0.3 is 9.47 Å². The largest absolute Gasteiger partial charge is 0.519 e. The second-order valence-corrected chi connectivity index (χ2v) is 15.0. The Kier molecular flexibility index (Phi) is 9.39. The highest BCUT2D eigenvalue weighted by atomic mass is 35.5. The average Bonchev–Trinajstić information content (AvgIpc) is 3.09. The minimum atomic E-state index is -4.12. The number of hydrogen-bond acceptors (Lipinski definition) is 7. The molecule has 240 valence electrons. The van der Waals surface area contributed by atoms with E-state index in [4.69, 9.17) is 32.7 Å². The fraction of sp³-hybridized carbons (Fsp3) is 0. The fourth-order valence-corrected chi connectivity index (χ4v) is 8.57. The van der Waals surface area contributed by atoms with E-state index in [0.717, 1.165) is 0 Å². The Hall–Kier alpha value is -4.93. The van der Waals surface area contributed by atoms with Gasteiger partial charge in [0.2, 0.25) is 19.7 Å². The van der Waals surface area contributed by atoms with Crippen LogP contribution in [0.4, 0.5) is 4.79 Å². The summed E-state index contributed by atoms with van der Waals surface area (Å²) in [7, 11) is -8.24. The van der Waals surface area contributed by atoms with Crippen molar-refractivity contribution in [2.75, 3.05) is 0 Å². The Morgan fingerprint density at radius 1 is 0.458 bits per heavy atom. The highest BCUT2D eigenvalue weighted by Crippen LogP contribution is 2.38. The van der Waals surface area contributed by atoms with Gasteiger partial charge in [0, 0.05) is 23.3 Å². The maximum atomic E-state index is 13.6. The lowest BCUT2D eigenvalue weighted by Crippen LogP contribution is -2.16. The molecule has 0 aromatic heterocycles. The van der Waals surface area contributed by atoms with Crippen molar-refractivity contribution in [3.8, 4) is 33.8 Å². The van der Waals surface area contributed by atoms with E-state index in [-0.39, 0.29) is 41.1 Å². The Morgan fingerprint density at radius 2 is 0.812 bits per heavy atom. The van der Waals surface area contributed by atoms with Crippen molar-refractivity contribution in [3.63, 3.8) is 0 Å². The van der Waals surface area contributed by atoms with Gasteiger partial charge in [0.25, 0.3) is 0 Å². The number of halogens is 2. The van der Waals surface area contributed by atoms with Gasteiger partial charge in [0.05, 0.1) is 29.6 Å². The molecule has 11 heteroatoms. The van der Waals surface area contributed by atoms with Crippen molar-refractivity contribution in [2.45, 2.75) is 19.6 Å². The van der Waals surface area contributed by atoms with Crippen LogP contribution in [0, 0.1) is 0 Å². The van der Waals surface area contributed by atoms with Crippen molar-refractivity contribution in [3.05, 3.63) is 156 Å². The van der Waals surface area contributed by atoms with Crippen molar-refractivity contribution in [1.82, 2.24) is 0 Å². The van der Waals surface area contributed by atoms with Crippen molar-refractivity contribution >= 4 is 49.0 Å². The zero-order valence-corrected chi connectivity index (χ0v) is 27.9. The number of hydrogen-bond donors (Lipinski definition) is 0. The first-order valence-corrected chi connectivity index (χ1v) is 18.1. The van der Waals surface area contributed by atoms with Gasteiger partial charge in [-0.3, -0.25) is 0 Å². The highest BCUT2D eigenvalue weighted by molar-refractivity contribution is 7.92. The maximum Gasteiger partial charge on any atom is 0.519 e. The van der Waals surface area contributed by atoms with Gasteiger partial charge >= 0.3 is 6.16 Å². The third kappa shape index (κ3) is 6.72. The minimum absolute atomic E-state index is 0.0339. The van der Waals surface area contributed by atoms with E-state index in [0.29, 0.717) is 22.3 Å². The SMILES string of the molecule is O=C(Oc1cc(S(=O)(=O)c2ccccc2Cl)ccc1-c1ccccc1)Oc1cc(S(=O)(=O)c2ccccc2Cl)ccc1-c1ccccc1. The van der Waals surface area contributed by atoms with Crippen LogP contribution >= 0.6 is 23.2 Å². The Bertz CT molecular complexity index is 2200. The summed E-state index contributed by atoms with van der Waals surface area (Å²) in [5.41, 5.74) is 2.09. The first kappa shape index (κ1) is 33.0. The zero-order chi connectivity index (χ0) is 33.9. The lowest BCUT2D eigenvalue weighted by Gasteiger charge is -2.15. The molecule has 6 rings (SSSR count). The van der Waals surface area contributed by atoms with Gasteiger partial charge in [-0.1, -0.05) is 108 Å². The summed E-state index contributed by atoms with van der Waals surface area (Å²) >= 11 is 12.4. The quantitative estimate of drug-likeness (QED) is 0.114. The first-order valence-electron chi connectivity index (χ1n) is 14.3. The van der Waals surface area contributed by atoms with Crippen LogP contribution in [0.1, 0.15) is 0 Å². The van der Waals surface area contributed by atoms with E-state index in [1.165, 1.54) is 60.7 Å². The number of benzene rings is 6. The van der Waals surface area contributed by atoms with Gasteiger partial charge in [0.15, 0.2) is 0 Å². The number of sulfone groups is 2. The van der Waals surface area contributed by atoms with Crippen molar-refractivity contribution in [1.29, 1.82) is 0 Å². The molecule has 0 heterocycles.